The summed E-state index contributed by atoms with van der Waals surface area (Å²) < 4.78 is 0.918. The van der Waals surface area contributed by atoms with E-state index in [4.69, 9.17) is 4.84 Å². The molecule has 1 aromatic rings. The van der Waals surface area contributed by atoms with E-state index in [0.29, 0.717) is 25.1 Å². The SMILES string of the molecule is CCONC(=O)[C@@H]1CCCN1C(=O)c1ccc(Br)cc1. The Bertz CT molecular complexity index is 490. The molecule has 0 unspecified atom stereocenters. The fourth-order valence-electron chi connectivity index (χ4n) is 2.25. The van der Waals surface area contributed by atoms with Crippen LogP contribution in [-0.4, -0.2) is 35.9 Å². The molecule has 1 aliphatic rings. The first-order valence-corrected chi connectivity index (χ1v) is 7.41. The summed E-state index contributed by atoms with van der Waals surface area (Å²) in [5, 5.41) is 0. The number of hydrogen-bond donors (Lipinski definition) is 1. The van der Waals surface area contributed by atoms with Crippen LogP contribution in [0.5, 0.6) is 0 Å². The second kappa shape index (κ2) is 6.85. The fraction of sp³-hybridized carbons (Fsp3) is 0.429. The van der Waals surface area contributed by atoms with Gasteiger partial charge in [0, 0.05) is 16.6 Å². The van der Waals surface area contributed by atoms with Gasteiger partial charge in [-0.2, -0.15) is 0 Å². The van der Waals surface area contributed by atoms with Crippen LogP contribution in [0, 0.1) is 0 Å². The lowest BCUT2D eigenvalue weighted by molar-refractivity contribution is -0.137. The van der Waals surface area contributed by atoms with Crippen molar-refractivity contribution >= 4 is 27.7 Å². The van der Waals surface area contributed by atoms with Gasteiger partial charge in [0.1, 0.15) is 6.04 Å². The number of amides is 2. The zero-order valence-corrected chi connectivity index (χ0v) is 12.9. The standard InChI is InChI=1S/C14H17BrN2O3/c1-2-20-16-13(18)12-4-3-9-17(12)14(19)10-5-7-11(15)8-6-10/h5-8,12H,2-4,9H2,1H3,(H,16,18)/t12-/m0/s1. The lowest BCUT2D eigenvalue weighted by atomic mass is 10.1. The fourth-order valence-corrected chi connectivity index (χ4v) is 2.52. The Morgan fingerprint density at radius 1 is 1.40 bits per heavy atom. The van der Waals surface area contributed by atoms with Crippen molar-refractivity contribution in [2.45, 2.75) is 25.8 Å². The van der Waals surface area contributed by atoms with E-state index in [1.54, 1.807) is 24.0 Å². The van der Waals surface area contributed by atoms with Crippen LogP contribution in [0.15, 0.2) is 28.7 Å². The number of rotatable bonds is 4. The molecule has 1 saturated heterocycles. The van der Waals surface area contributed by atoms with Crippen LogP contribution in [0.3, 0.4) is 0 Å². The third-order valence-electron chi connectivity index (χ3n) is 3.22. The van der Waals surface area contributed by atoms with Crippen molar-refractivity contribution in [1.29, 1.82) is 0 Å². The maximum absolute atomic E-state index is 12.4. The average Bonchev–Trinajstić information content (AvgIpc) is 2.94. The molecule has 1 aliphatic heterocycles. The first-order chi connectivity index (χ1) is 9.63. The van der Waals surface area contributed by atoms with E-state index >= 15 is 0 Å². The molecule has 1 N–H and O–H groups in total. The molecule has 5 nitrogen and oxygen atoms in total. The molecule has 0 spiro atoms. The molecule has 108 valence electrons. The molecule has 0 saturated carbocycles. The molecular weight excluding hydrogens is 324 g/mol. The highest BCUT2D eigenvalue weighted by Gasteiger charge is 2.34. The molecule has 0 bridgehead atoms. The number of hydroxylamine groups is 1. The first kappa shape index (κ1) is 15.0. The number of nitrogens with zero attached hydrogens (tertiary/aromatic N) is 1. The van der Waals surface area contributed by atoms with Crippen LogP contribution in [0.2, 0.25) is 0 Å². The highest BCUT2D eigenvalue weighted by molar-refractivity contribution is 9.10. The average molecular weight is 341 g/mol. The summed E-state index contributed by atoms with van der Waals surface area (Å²) in [5.41, 5.74) is 2.97. The minimum absolute atomic E-state index is 0.119. The van der Waals surface area contributed by atoms with Gasteiger partial charge in [0.2, 0.25) is 0 Å². The van der Waals surface area contributed by atoms with Crippen LogP contribution < -0.4 is 5.48 Å². The van der Waals surface area contributed by atoms with Crippen molar-refractivity contribution in [3.8, 4) is 0 Å². The van der Waals surface area contributed by atoms with Gasteiger partial charge in [-0.25, -0.2) is 5.48 Å². The lowest BCUT2D eigenvalue weighted by Gasteiger charge is -2.23. The highest BCUT2D eigenvalue weighted by atomic mass is 79.9. The monoisotopic (exact) mass is 340 g/mol. The summed E-state index contributed by atoms with van der Waals surface area (Å²) in [5.74, 6) is -0.374. The van der Waals surface area contributed by atoms with Crippen molar-refractivity contribution in [1.82, 2.24) is 10.4 Å². The topological polar surface area (TPSA) is 58.6 Å². The number of likely N-dealkylation sites (tertiary alicyclic amines) is 1. The van der Waals surface area contributed by atoms with E-state index in [1.165, 1.54) is 0 Å². The zero-order valence-electron chi connectivity index (χ0n) is 11.3. The van der Waals surface area contributed by atoms with Gasteiger partial charge in [-0.05, 0) is 44.0 Å². The quantitative estimate of drug-likeness (QED) is 0.854. The van der Waals surface area contributed by atoms with E-state index in [9.17, 15) is 9.59 Å². The second-order valence-corrected chi connectivity index (χ2v) is 5.48. The molecule has 2 amide bonds. The van der Waals surface area contributed by atoms with Gasteiger partial charge in [0.25, 0.3) is 11.8 Å². The van der Waals surface area contributed by atoms with Crippen LogP contribution >= 0.6 is 15.9 Å². The number of halogens is 1. The predicted molar refractivity (Wildman–Crippen MR) is 78.0 cm³/mol. The lowest BCUT2D eigenvalue weighted by Crippen LogP contribution is -2.45. The molecule has 1 aromatic carbocycles. The van der Waals surface area contributed by atoms with Crippen LogP contribution in [0.25, 0.3) is 0 Å². The third kappa shape index (κ3) is 3.37. The Kier molecular flexibility index (Phi) is 5.14. The largest absolute Gasteiger partial charge is 0.327 e. The summed E-state index contributed by atoms with van der Waals surface area (Å²) >= 11 is 3.34. The predicted octanol–water partition coefficient (Wildman–Crippen LogP) is 2.12. The molecule has 1 fully saturated rings. The van der Waals surface area contributed by atoms with Gasteiger partial charge in [-0.1, -0.05) is 15.9 Å². The zero-order chi connectivity index (χ0) is 14.5. The van der Waals surface area contributed by atoms with Crippen LogP contribution in [0.4, 0.5) is 0 Å². The normalized spacial score (nSPS) is 18.1. The van der Waals surface area contributed by atoms with E-state index in [0.717, 1.165) is 10.9 Å². The van der Waals surface area contributed by atoms with Gasteiger partial charge in [-0.3, -0.25) is 14.4 Å². The molecule has 0 radical (unpaired) electrons. The molecule has 0 aliphatic carbocycles. The third-order valence-corrected chi connectivity index (χ3v) is 3.75. The minimum atomic E-state index is -0.447. The summed E-state index contributed by atoms with van der Waals surface area (Å²) in [4.78, 5) is 30.9. The van der Waals surface area contributed by atoms with E-state index in [-0.39, 0.29) is 11.8 Å². The number of nitrogens with one attached hydrogen (secondary N) is 1. The summed E-state index contributed by atoms with van der Waals surface area (Å²) in [6, 6.07) is 6.69. The molecule has 0 aromatic heterocycles. The summed E-state index contributed by atoms with van der Waals surface area (Å²) in [6.45, 7) is 2.79. The Morgan fingerprint density at radius 2 is 2.10 bits per heavy atom. The molecular formula is C14H17BrN2O3. The van der Waals surface area contributed by atoms with Gasteiger partial charge >= 0.3 is 0 Å². The Morgan fingerprint density at radius 3 is 2.75 bits per heavy atom. The van der Waals surface area contributed by atoms with Crippen molar-refractivity contribution in [3.05, 3.63) is 34.3 Å². The van der Waals surface area contributed by atoms with Gasteiger partial charge in [-0.15, -0.1) is 0 Å². The first-order valence-electron chi connectivity index (χ1n) is 6.61. The Hall–Kier alpha value is -1.40. The second-order valence-electron chi connectivity index (χ2n) is 4.56. The molecule has 20 heavy (non-hydrogen) atoms. The number of benzene rings is 1. The Balaban J connectivity index is 2.08. The number of carbonyl (C=O) groups is 2. The molecule has 6 heteroatoms. The van der Waals surface area contributed by atoms with Crippen molar-refractivity contribution in [2.75, 3.05) is 13.2 Å². The van der Waals surface area contributed by atoms with E-state index in [1.807, 2.05) is 12.1 Å². The molecule has 1 heterocycles. The smallest absolute Gasteiger partial charge is 0.266 e. The highest BCUT2D eigenvalue weighted by Crippen LogP contribution is 2.21. The van der Waals surface area contributed by atoms with Gasteiger partial charge < -0.3 is 4.90 Å². The number of carbonyl (C=O) groups excluding carboxylic acids is 2. The van der Waals surface area contributed by atoms with Crippen LogP contribution in [-0.2, 0) is 9.63 Å². The van der Waals surface area contributed by atoms with Crippen molar-refractivity contribution < 1.29 is 14.4 Å². The van der Waals surface area contributed by atoms with Gasteiger partial charge in [0.15, 0.2) is 0 Å². The molecule has 2 rings (SSSR count). The van der Waals surface area contributed by atoms with Gasteiger partial charge in [0.05, 0.1) is 6.61 Å². The summed E-state index contributed by atoms with van der Waals surface area (Å²) in [6.07, 6.45) is 1.49. The maximum atomic E-state index is 12.4. The van der Waals surface area contributed by atoms with E-state index in [2.05, 4.69) is 21.4 Å². The maximum Gasteiger partial charge on any atom is 0.266 e. The summed E-state index contributed by atoms with van der Waals surface area (Å²) in [7, 11) is 0. The minimum Gasteiger partial charge on any atom is -0.327 e. The number of hydrogen-bond acceptors (Lipinski definition) is 3. The van der Waals surface area contributed by atoms with Crippen LogP contribution in [0.1, 0.15) is 30.1 Å². The van der Waals surface area contributed by atoms with Crippen molar-refractivity contribution in [3.63, 3.8) is 0 Å². The molecule has 1 atom stereocenters. The van der Waals surface area contributed by atoms with E-state index < -0.39 is 6.04 Å². The van der Waals surface area contributed by atoms with Crippen molar-refractivity contribution in [2.24, 2.45) is 0 Å². The Labute approximate surface area is 126 Å².